The summed E-state index contributed by atoms with van der Waals surface area (Å²) in [6.07, 6.45) is 3.92. The van der Waals surface area contributed by atoms with Crippen molar-refractivity contribution < 1.29 is 9.90 Å². The van der Waals surface area contributed by atoms with E-state index in [1.165, 1.54) is 5.56 Å². The zero-order valence-electron chi connectivity index (χ0n) is 11.8. The van der Waals surface area contributed by atoms with Crippen LogP contribution >= 0.6 is 27.7 Å². The van der Waals surface area contributed by atoms with Crippen molar-refractivity contribution in [3.63, 3.8) is 0 Å². The van der Waals surface area contributed by atoms with Crippen molar-refractivity contribution in [3.05, 3.63) is 28.2 Å². The summed E-state index contributed by atoms with van der Waals surface area (Å²) in [6.45, 7) is 3.03. The Labute approximate surface area is 133 Å². The number of hydrogen-bond donors (Lipinski definition) is 2. The van der Waals surface area contributed by atoms with Crippen LogP contribution in [0.3, 0.4) is 0 Å². The second kappa shape index (κ2) is 10.2. The molecule has 0 fully saturated rings. The van der Waals surface area contributed by atoms with Gasteiger partial charge in [-0.25, -0.2) is 0 Å². The van der Waals surface area contributed by atoms with Crippen LogP contribution in [-0.4, -0.2) is 29.9 Å². The van der Waals surface area contributed by atoms with Crippen LogP contribution in [0.1, 0.15) is 31.2 Å². The number of unbranched alkanes of at least 4 members (excludes halogenated alkanes) is 3. The topological polar surface area (TPSA) is 49.3 Å². The number of thioether (sulfide) groups is 1. The maximum absolute atomic E-state index is 11.7. The molecule has 0 unspecified atom stereocenters. The van der Waals surface area contributed by atoms with Gasteiger partial charge in [-0.15, -0.1) is 11.8 Å². The Morgan fingerprint density at radius 3 is 2.75 bits per heavy atom. The van der Waals surface area contributed by atoms with Gasteiger partial charge in [0, 0.05) is 22.5 Å². The van der Waals surface area contributed by atoms with Gasteiger partial charge in [-0.05, 0) is 43.5 Å². The van der Waals surface area contributed by atoms with Crippen LogP contribution in [0.15, 0.2) is 27.6 Å². The Hall–Kier alpha value is -0.520. The number of carbonyl (C=O) groups excluding carboxylic acids is 1. The zero-order valence-corrected chi connectivity index (χ0v) is 14.2. The van der Waals surface area contributed by atoms with Gasteiger partial charge in [-0.1, -0.05) is 28.8 Å². The maximum atomic E-state index is 11.7. The number of benzene rings is 1. The third-order valence-electron chi connectivity index (χ3n) is 2.90. The molecule has 0 bridgehead atoms. The van der Waals surface area contributed by atoms with Gasteiger partial charge < -0.3 is 10.4 Å². The molecule has 0 aliphatic carbocycles. The average molecular weight is 360 g/mol. The highest BCUT2D eigenvalue weighted by Crippen LogP contribution is 2.24. The molecule has 0 atom stereocenters. The third-order valence-corrected chi connectivity index (χ3v) is 4.57. The molecule has 0 radical (unpaired) electrons. The van der Waals surface area contributed by atoms with Crippen LogP contribution in [-0.2, 0) is 4.79 Å². The minimum absolute atomic E-state index is 0.0828. The minimum Gasteiger partial charge on any atom is -0.396 e. The smallest absolute Gasteiger partial charge is 0.230 e. The van der Waals surface area contributed by atoms with Crippen LogP contribution < -0.4 is 5.32 Å². The molecule has 1 rings (SSSR count). The molecule has 2 N–H and O–H groups in total. The first-order chi connectivity index (χ1) is 9.63. The molecule has 0 saturated carbocycles. The summed E-state index contributed by atoms with van der Waals surface area (Å²) in [5, 5.41) is 11.6. The van der Waals surface area contributed by atoms with E-state index in [-0.39, 0.29) is 12.5 Å². The summed E-state index contributed by atoms with van der Waals surface area (Å²) in [4.78, 5) is 12.8. The van der Waals surface area contributed by atoms with E-state index in [0.717, 1.165) is 41.6 Å². The molecule has 3 nitrogen and oxygen atoms in total. The lowest BCUT2D eigenvalue weighted by Gasteiger charge is -2.07. The highest BCUT2D eigenvalue weighted by Gasteiger charge is 2.04. The number of halogens is 1. The molecule has 0 spiro atoms. The van der Waals surface area contributed by atoms with Crippen LogP contribution in [0.2, 0.25) is 0 Å². The highest BCUT2D eigenvalue weighted by atomic mass is 79.9. The Kier molecular flexibility index (Phi) is 8.98. The zero-order chi connectivity index (χ0) is 14.8. The SMILES string of the molecule is Cc1cc(Br)ccc1SCC(=O)NCCCCCCO. The first kappa shape index (κ1) is 17.5. The predicted molar refractivity (Wildman–Crippen MR) is 88.2 cm³/mol. The van der Waals surface area contributed by atoms with E-state index in [4.69, 9.17) is 5.11 Å². The van der Waals surface area contributed by atoms with Gasteiger partial charge in [0.2, 0.25) is 5.91 Å². The van der Waals surface area contributed by atoms with Crippen LogP contribution in [0.25, 0.3) is 0 Å². The Morgan fingerprint density at radius 2 is 2.05 bits per heavy atom. The van der Waals surface area contributed by atoms with Gasteiger partial charge in [0.25, 0.3) is 0 Å². The number of rotatable bonds is 9. The fourth-order valence-electron chi connectivity index (χ4n) is 1.79. The summed E-state index contributed by atoms with van der Waals surface area (Å²) in [6, 6.07) is 6.09. The van der Waals surface area contributed by atoms with Crippen molar-refractivity contribution in [2.75, 3.05) is 18.9 Å². The van der Waals surface area contributed by atoms with Crippen LogP contribution in [0, 0.1) is 6.92 Å². The molecule has 112 valence electrons. The van der Waals surface area contributed by atoms with Gasteiger partial charge in [0.15, 0.2) is 0 Å². The third kappa shape index (κ3) is 7.31. The normalized spacial score (nSPS) is 10.6. The van der Waals surface area contributed by atoms with E-state index in [2.05, 4.69) is 27.3 Å². The number of amides is 1. The number of nitrogens with one attached hydrogen (secondary N) is 1. The first-order valence-electron chi connectivity index (χ1n) is 6.90. The van der Waals surface area contributed by atoms with E-state index in [9.17, 15) is 4.79 Å². The molecule has 1 aromatic rings. The van der Waals surface area contributed by atoms with Crippen molar-refractivity contribution in [1.82, 2.24) is 5.32 Å². The van der Waals surface area contributed by atoms with Crippen molar-refractivity contribution in [3.8, 4) is 0 Å². The molecule has 0 aliphatic heterocycles. The van der Waals surface area contributed by atoms with Gasteiger partial charge in [-0.3, -0.25) is 4.79 Å². The fraction of sp³-hybridized carbons (Fsp3) is 0.533. The van der Waals surface area contributed by atoms with Gasteiger partial charge in [0.05, 0.1) is 5.75 Å². The van der Waals surface area contributed by atoms with E-state index in [1.807, 2.05) is 19.1 Å². The molecular weight excluding hydrogens is 338 g/mol. The quantitative estimate of drug-likeness (QED) is 0.523. The van der Waals surface area contributed by atoms with Crippen molar-refractivity contribution >= 4 is 33.6 Å². The molecule has 0 heterocycles. The second-order valence-corrected chi connectivity index (χ2v) is 6.62. The number of aryl methyl sites for hydroxylation is 1. The maximum Gasteiger partial charge on any atom is 0.230 e. The summed E-state index contributed by atoms with van der Waals surface area (Å²) >= 11 is 5.00. The molecule has 1 aromatic carbocycles. The van der Waals surface area contributed by atoms with E-state index >= 15 is 0 Å². The highest BCUT2D eigenvalue weighted by molar-refractivity contribution is 9.10. The minimum atomic E-state index is 0.0828. The second-order valence-electron chi connectivity index (χ2n) is 4.69. The Bertz CT molecular complexity index is 426. The number of aliphatic hydroxyl groups is 1. The molecule has 0 aliphatic rings. The fourth-order valence-corrected chi connectivity index (χ4v) is 3.10. The van der Waals surface area contributed by atoms with E-state index < -0.39 is 0 Å². The predicted octanol–water partition coefficient (Wildman–Crippen LogP) is 3.52. The molecule has 20 heavy (non-hydrogen) atoms. The standard InChI is InChI=1S/C15H22BrNO2S/c1-12-10-13(16)6-7-14(12)20-11-15(19)17-8-4-2-3-5-9-18/h6-7,10,18H,2-5,8-9,11H2,1H3,(H,17,19). The Morgan fingerprint density at radius 1 is 1.30 bits per heavy atom. The van der Waals surface area contributed by atoms with E-state index in [1.54, 1.807) is 11.8 Å². The lowest BCUT2D eigenvalue weighted by Crippen LogP contribution is -2.26. The van der Waals surface area contributed by atoms with Gasteiger partial charge >= 0.3 is 0 Å². The van der Waals surface area contributed by atoms with Crippen LogP contribution in [0.4, 0.5) is 0 Å². The summed E-state index contributed by atoms with van der Waals surface area (Å²) in [5.41, 5.74) is 1.18. The largest absolute Gasteiger partial charge is 0.396 e. The molecular formula is C15H22BrNO2S. The molecule has 1 amide bonds. The molecule has 5 heteroatoms. The van der Waals surface area contributed by atoms with Crippen molar-refractivity contribution in [2.45, 2.75) is 37.5 Å². The monoisotopic (exact) mass is 359 g/mol. The Balaban J connectivity index is 2.16. The summed E-state index contributed by atoms with van der Waals surface area (Å²) < 4.78 is 1.06. The lowest BCUT2D eigenvalue weighted by atomic mass is 10.2. The summed E-state index contributed by atoms with van der Waals surface area (Å²) in [7, 11) is 0. The first-order valence-corrected chi connectivity index (χ1v) is 8.68. The number of carbonyl (C=O) groups is 1. The number of hydrogen-bond acceptors (Lipinski definition) is 3. The average Bonchev–Trinajstić information content (AvgIpc) is 2.41. The number of aliphatic hydroxyl groups excluding tert-OH is 1. The van der Waals surface area contributed by atoms with E-state index in [0.29, 0.717) is 5.75 Å². The van der Waals surface area contributed by atoms with Crippen molar-refractivity contribution in [1.29, 1.82) is 0 Å². The van der Waals surface area contributed by atoms with Crippen LogP contribution in [0.5, 0.6) is 0 Å². The lowest BCUT2D eigenvalue weighted by molar-refractivity contribution is -0.118. The molecule has 0 saturated heterocycles. The van der Waals surface area contributed by atoms with Gasteiger partial charge in [0.1, 0.15) is 0 Å². The van der Waals surface area contributed by atoms with Crippen molar-refractivity contribution in [2.24, 2.45) is 0 Å². The van der Waals surface area contributed by atoms with Gasteiger partial charge in [-0.2, -0.15) is 0 Å². The molecule has 0 aromatic heterocycles. The summed E-state index contributed by atoms with van der Waals surface area (Å²) in [5.74, 6) is 0.540.